The molecule has 5 heteroatoms. The number of anilines is 1. The van der Waals surface area contributed by atoms with Gasteiger partial charge in [0.1, 0.15) is 0 Å². The molecule has 122 valence electrons. The summed E-state index contributed by atoms with van der Waals surface area (Å²) in [7, 11) is 0. The van der Waals surface area contributed by atoms with Crippen molar-refractivity contribution in [3.05, 3.63) is 71.4 Å². The normalized spacial score (nSPS) is 10.7. The van der Waals surface area contributed by atoms with E-state index < -0.39 is 0 Å². The average molecular weight is 340 g/mol. The molecular formula is C19H18ClN3O. The van der Waals surface area contributed by atoms with Crippen molar-refractivity contribution < 1.29 is 4.79 Å². The number of halogens is 1. The summed E-state index contributed by atoms with van der Waals surface area (Å²) < 4.78 is 0. The fraction of sp³-hybridized carbons (Fsp3) is 0.158. The third-order valence-electron chi connectivity index (χ3n) is 3.68. The van der Waals surface area contributed by atoms with E-state index in [1.165, 1.54) is 0 Å². The van der Waals surface area contributed by atoms with Gasteiger partial charge in [0.15, 0.2) is 0 Å². The summed E-state index contributed by atoms with van der Waals surface area (Å²) in [4.78, 5) is 16.5. The Morgan fingerprint density at radius 2 is 1.83 bits per heavy atom. The van der Waals surface area contributed by atoms with Crippen LogP contribution < -0.4 is 10.6 Å². The van der Waals surface area contributed by atoms with Gasteiger partial charge >= 0.3 is 0 Å². The van der Waals surface area contributed by atoms with E-state index >= 15 is 0 Å². The third-order valence-corrected chi connectivity index (χ3v) is 3.93. The van der Waals surface area contributed by atoms with E-state index in [9.17, 15) is 4.79 Å². The van der Waals surface area contributed by atoms with E-state index in [4.69, 9.17) is 11.6 Å². The van der Waals surface area contributed by atoms with Crippen molar-refractivity contribution in [1.82, 2.24) is 10.3 Å². The lowest BCUT2D eigenvalue weighted by molar-refractivity contribution is -0.116. The third kappa shape index (κ3) is 4.31. The van der Waals surface area contributed by atoms with E-state index in [2.05, 4.69) is 15.6 Å². The number of nitrogens with one attached hydrogen (secondary N) is 2. The molecule has 4 nitrogen and oxygen atoms in total. The molecule has 0 saturated carbocycles. The summed E-state index contributed by atoms with van der Waals surface area (Å²) in [6.07, 6.45) is 2.13. The van der Waals surface area contributed by atoms with Gasteiger partial charge in [0.05, 0.1) is 11.2 Å². The average Bonchev–Trinajstić information content (AvgIpc) is 2.61. The topological polar surface area (TPSA) is 54.0 Å². The van der Waals surface area contributed by atoms with Crippen molar-refractivity contribution in [2.75, 3.05) is 11.9 Å². The SMILES string of the molecule is O=C(CCNCc1ccc(Cl)cc1)Nc1cccc2cccnc12. The van der Waals surface area contributed by atoms with Gasteiger partial charge in [0.2, 0.25) is 5.91 Å². The Bertz CT molecular complexity index is 828. The fourth-order valence-electron chi connectivity index (χ4n) is 2.45. The Hall–Kier alpha value is -2.43. The Morgan fingerprint density at radius 3 is 2.67 bits per heavy atom. The number of fused-ring (bicyclic) bond motifs is 1. The largest absolute Gasteiger partial charge is 0.324 e. The van der Waals surface area contributed by atoms with Gasteiger partial charge in [-0.05, 0) is 29.8 Å². The molecule has 0 aliphatic rings. The van der Waals surface area contributed by atoms with Crippen LogP contribution in [0.5, 0.6) is 0 Å². The molecule has 1 aromatic heterocycles. The molecule has 0 saturated heterocycles. The maximum absolute atomic E-state index is 12.1. The summed E-state index contributed by atoms with van der Waals surface area (Å²) in [5.41, 5.74) is 2.69. The molecule has 24 heavy (non-hydrogen) atoms. The molecule has 2 aromatic carbocycles. The van der Waals surface area contributed by atoms with Gasteiger partial charge in [-0.25, -0.2) is 0 Å². The van der Waals surface area contributed by atoms with Crippen LogP contribution in [0.3, 0.4) is 0 Å². The lowest BCUT2D eigenvalue weighted by Crippen LogP contribution is -2.21. The lowest BCUT2D eigenvalue weighted by atomic mass is 10.2. The molecule has 0 aliphatic heterocycles. The van der Waals surface area contributed by atoms with E-state index in [-0.39, 0.29) is 5.91 Å². The number of carbonyl (C=O) groups excluding carboxylic acids is 1. The maximum Gasteiger partial charge on any atom is 0.225 e. The zero-order valence-electron chi connectivity index (χ0n) is 13.1. The highest BCUT2D eigenvalue weighted by atomic mass is 35.5. The zero-order chi connectivity index (χ0) is 16.8. The summed E-state index contributed by atoms with van der Waals surface area (Å²) >= 11 is 5.85. The molecule has 1 heterocycles. The first kappa shape index (κ1) is 16.4. The van der Waals surface area contributed by atoms with Crippen LogP contribution in [-0.4, -0.2) is 17.4 Å². The number of benzene rings is 2. The van der Waals surface area contributed by atoms with E-state index in [1.807, 2.05) is 54.6 Å². The van der Waals surface area contributed by atoms with Crippen LogP contribution in [0.4, 0.5) is 5.69 Å². The minimum Gasteiger partial charge on any atom is -0.324 e. The minimum atomic E-state index is -0.0308. The molecule has 0 radical (unpaired) electrons. The molecule has 1 amide bonds. The number of pyridine rings is 1. The van der Waals surface area contributed by atoms with E-state index in [0.29, 0.717) is 19.5 Å². The highest BCUT2D eigenvalue weighted by Crippen LogP contribution is 2.20. The Balaban J connectivity index is 1.49. The number of rotatable bonds is 6. The summed E-state index contributed by atoms with van der Waals surface area (Å²) in [6, 6.07) is 17.3. The molecule has 0 aliphatic carbocycles. The van der Waals surface area contributed by atoms with Crippen molar-refractivity contribution in [3.8, 4) is 0 Å². The number of amides is 1. The molecule has 0 unspecified atom stereocenters. The van der Waals surface area contributed by atoms with E-state index in [1.54, 1.807) is 6.20 Å². The second-order valence-electron chi connectivity index (χ2n) is 5.48. The molecule has 0 spiro atoms. The van der Waals surface area contributed by atoms with Crippen molar-refractivity contribution >= 4 is 34.1 Å². The number of aromatic nitrogens is 1. The molecular weight excluding hydrogens is 322 g/mol. The Kier molecular flexibility index (Phi) is 5.41. The van der Waals surface area contributed by atoms with E-state index in [0.717, 1.165) is 27.2 Å². The number of para-hydroxylation sites is 1. The number of nitrogens with zero attached hydrogens (tertiary/aromatic N) is 1. The Morgan fingerprint density at radius 1 is 1.04 bits per heavy atom. The lowest BCUT2D eigenvalue weighted by Gasteiger charge is -2.09. The van der Waals surface area contributed by atoms with Crippen molar-refractivity contribution in [2.24, 2.45) is 0 Å². The van der Waals surface area contributed by atoms with Crippen molar-refractivity contribution in [2.45, 2.75) is 13.0 Å². The molecule has 0 bridgehead atoms. The molecule has 0 atom stereocenters. The fourth-order valence-corrected chi connectivity index (χ4v) is 2.58. The zero-order valence-corrected chi connectivity index (χ0v) is 13.9. The van der Waals surface area contributed by atoms with Gasteiger partial charge in [-0.1, -0.05) is 41.9 Å². The highest BCUT2D eigenvalue weighted by Gasteiger charge is 2.06. The van der Waals surface area contributed by atoms with Crippen LogP contribution in [0.25, 0.3) is 10.9 Å². The van der Waals surface area contributed by atoms with Crippen LogP contribution in [0.2, 0.25) is 5.02 Å². The van der Waals surface area contributed by atoms with Crippen molar-refractivity contribution in [3.63, 3.8) is 0 Å². The molecule has 3 aromatic rings. The van der Waals surface area contributed by atoms with Gasteiger partial charge < -0.3 is 10.6 Å². The predicted octanol–water partition coefficient (Wildman–Crippen LogP) is 4.01. The number of carbonyl (C=O) groups is 1. The van der Waals surface area contributed by atoms with Gasteiger partial charge in [-0.3, -0.25) is 9.78 Å². The highest BCUT2D eigenvalue weighted by molar-refractivity contribution is 6.30. The monoisotopic (exact) mass is 339 g/mol. The summed E-state index contributed by atoms with van der Waals surface area (Å²) in [6.45, 7) is 1.31. The summed E-state index contributed by atoms with van der Waals surface area (Å²) in [5, 5.41) is 7.92. The first-order chi connectivity index (χ1) is 11.7. The second kappa shape index (κ2) is 7.90. The van der Waals surface area contributed by atoms with Gasteiger partial charge in [0, 0.05) is 36.1 Å². The van der Waals surface area contributed by atoms with Crippen LogP contribution >= 0.6 is 11.6 Å². The first-order valence-electron chi connectivity index (χ1n) is 7.81. The molecule has 0 fully saturated rings. The standard InChI is InChI=1S/C19H18ClN3O/c20-16-8-6-14(7-9-16)13-21-12-10-18(24)23-17-5-1-3-15-4-2-11-22-19(15)17/h1-9,11,21H,10,12-13H2,(H,23,24). The van der Waals surface area contributed by atoms with Crippen LogP contribution in [0, 0.1) is 0 Å². The smallest absolute Gasteiger partial charge is 0.225 e. The van der Waals surface area contributed by atoms with Crippen molar-refractivity contribution in [1.29, 1.82) is 0 Å². The molecule has 3 rings (SSSR count). The van der Waals surface area contributed by atoms with Crippen LogP contribution in [0.1, 0.15) is 12.0 Å². The Labute approximate surface area is 145 Å². The summed E-state index contributed by atoms with van der Waals surface area (Å²) in [5.74, 6) is -0.0308. The maximum atomic E-state index is 12.1. The van der Waals surface area contributed by atoms with Gasteiger partial charge in [0.25, 0.3) is 0 Å². The minimum absolute atomic E-state index is 0.0308. The second-order valence-corrected chi connectivity index (χ2v) is 5.92. The van der Waals surface area contributed by atoms with Crippen LogP contribution in [0.15, 0.2) is 60.8 Å². The van der Waals surface area contributed by atoms with Crippen LogP contribution in [-0.2, 0) is 11.3 Å². The number of hydrogen-bond donors (Lipinski definition) is 2. The quantitative estimate of drug-likeness (QED) is 0.667. The predicted molar refractivity (Wildman–Crippen MR) is 98.1 cm³/mol. The van der Waals surface area contributed by atoms with Gasteiger partial charge in [-0.2, -0.15) is 0 Å². The molecule has 2 N–H and O–H groups in total. The number of hydrogen-bond acceptors (Lipinski definition) is 3. The van der Waals surface area contributed by atoms with Gasteiger partial charge in [-0.15, -0.1) is 0 Å². The first-order valence-corrected chi connectivity index (χ1v) is 8.19.